The minimum atomic E-state index is -0.471. The van der Waals surface area contributed by atoms with Crippen LogP contribution in [0.1, 0.15) is 68.2 Å². The largest absolute Gasteiger partial charge is 0.710 e. The third-order valence-electron chi connectivity index (χ3n) is 3.88. The standard InChI is InChI=1S/C14H23N5O2/c1-9(2)13-17-18(3)12(15)11(19(13)21)14(20)16-10-7-5-4-6-8-10/h9-10,15H,4-8H2,1-3H3,(H,16,20). The lowest BCUT2D eigenvalue weighted by Gasteiger charge is -2.23. The van der Waals surface area contributed by atoms with Crippen molar-refractivity contribution in [1.82, 2.24) is 15.1 Å². The molecule has 1 aliphatic rings. The van der Waals surface area contributed by atoms with Gasteiger partial charge in [-0.05, 0) is 12.8 Å². The van der Waals surface area contributed by atoms with Gasteiger partial charge in [-0.15, -0.1) is 0 Å². The van der Waals surface area contributed by atoms with Gasteiger partial charge in [-0.1, -0.05) is 33.1 Å². The molecule has 116 valence electrons. The second-order valence-electron chi connectivity index (χ2n) is 5.94. The van der Waals surface area contributed by atoms with Gasteiger partial charge in [-0.3, -0.25) is 10.2 Å². The van der Waals surface area contributed by atoms with Crippen LogP contribution in [0.2, 0.25) is 0 Å². The number of aromatic nitrogens is 3. The van der Waals surface area contributed by atoms with Crippen molar-refractivity contribution in [3.8, 4) is 0 Å². The van der Waals surface area contributed by atoms with Gasteiger partial charge in [0.05, 0.1) is 18.1 Å². The van der Waals surface area contributed by atoms with Crippen molar-refractivity contribution in [1.29, 1.82) is 5.41 Å². The lowest BCUT2D eigenvalue weighted by molar-refractivity contribution is -0.623. The first-order valence-corrected chi connectivity index (χ1v) is 7.48. The van der Waals surface area contributed by atoms with Crippen molar-refractivity contribution in [2.24, 2.45) is 7.05 Å². The molecule has 0 bridgehead atoms. The Morgan fingerprint density at radius 3 is 2.62 bits per heavy atom. The summed E-state index contributed by atoms with van der Waals surface area (Å²) in [4.78, 5) is 12.4. The summed E-state index contributed by atoms with van der Waals surface area (Å²) < 4.78 is 1.78. The third-order valence-corrected chi connectivity index (χ3v) is 3.88. The van der Waals surface area contributed by atoms with Crippen LogP contribution in [-0.2, 0) is 7.05 Å². The maximum atomic E-state index is 12.4. The van der Waals surface area contributed by atoms with Crippen LogP contribution in [0.5, 0.6) is 0 Å². The fourth-order valence-corrected chi connectivity index (χ4v) is 2.66. The Balaban J connectivity index is 2.33. The van der Waals surface area contributed by atoms with Crippen molar-refractivity contribution < 1.29 is 9.52 Å². The normalized spacial score (nSPS) is 16.2. The van der Waals surface area contributed by atoms with Gasteiger partial charge in [0.2, 0.25) is 11.2 Å². The summed E-state index contributed by atoms with van der Waals surface area (Å²) in [7, 11) is 1.58. The Labute approximate surface area is 124 Å². The van der Waals surface area contributed by atoms with E-state index in [1.165, 1.54) is 11.1 Å². The van der Waals surface area contributed by atoms with Crippen LogP contribution in [0.3, 0.4) is 0 Å². The van der Waals surface area contributed by atoms with E-state index in [-0.39, 0.29) is 29.0 Å². The summed E-state index contributed by atoms with van der Waals surface area (Å²) in [6.07, 6.45) is 5.26. The molecule has 1 heterocycles. The predicted octanol–water partition coefficient (Wildman–Crippen LogP) is 0.719. The first kappa shape index (κ1) is 15.5. The SMILES string of the molecule is CC(C)c1nn(C)c(=N)c(C(=O)NC2CCCCC2)[n+]1[O-]. The average molecular weight is 293 g/mol. The van der Waals surface area contributed by atoms with Crippen molar-refractivity contribution in [3.63, 3.8) is 0 Å². The Bertz CT molecular complexity index is 588. The van der Waals surface area contributed by atoms with E-state index in [9.17, 15) is 10.0 Å². The molecule has 7 nitrogen and oxygen atoms in total. The van der Waals surface area contributed by atoms with Crippen LogP contribution < -0.4 is 15.5 Å². The Hall–Kier alpha value is -1.92. The molecule has 0 unspecified atom stereocenters. The van der Waals surface area contributed by atoms with E-state index >= 15 is 0 Å². The summed E-state index contributed by atoms with van der Waals surface area (Å²) >= 11 is 0. The quantitative estimate of drug-likeness (QED) is 0.634. The first-order valence-electron chi connectivity index (χ1n) is 7.48. The summed E-state index contributed by atoms with van der Waals surface area (Å²) in [5.74, 6) is -0.334. The maximum absolute atomic E-state index is 12.4. The fourth-order valence-electron chi connectivity index (χ4n) is 2.66. The van der Waals surface area contributed by atoms with Crippen LogP contribution in [0.15, 0.2) is 0 Å². The molecule has 0 saturated heterocycles. The van der Waals surface area contributed by atoms with Crippen LogP contribution >= 0.6 is 0 Å². The minimum Gasteiger partial charge on any atom is -0.710 e. The topological polar surface area (TPSA) is 97.7 Å². The second-order valence-corrected chi connectivity index (χ2v) is 5.94. The molecule has 1 aliphatic carbocycles. The number of aryl methyl sites for hydroxylation is 1. The molecular weight excluding hydrogens is 270 g/mol. The Morgan fingerprint density at radius 1 is 1.43 bits per heavy atom. The third kappa shape index (κ3) is 3.22. The van der Waals surface area contributed by atoms with Gasteiger partial charge >= 0.3 is 5.82 Å². The van der Waals surface area contributed by atoms with E-state index < -0.39 is 5.91 Å². The van der Waals surface area contributed by atoms with Gasteiger partial charge in [0, 0.05) is 6.04 Å². The van der Waals surface area contributed by atoms with Gasteiger partial charge in [-0.2, -0.15) is 4.68 Å². The highest BCUT2D eigenvalue weighted by atomic mass is 16.5. The molecule has 1 aromatic rings. The van der Waals surface area contributed by atoms with E-state index in [1.807, 2.05) is 13.8 Å². The number of nitrogens with one attached hydrogen (secondary N) is 2. The molecule has 1 saturated carbocycles. The molecule has 21 heavy (non-hydrogen) atoms. The number of carbonyl (C=O) groups excluding carboxylic acids is 1. The highest BCUT2D eigenvalue weighted by Gasteiger charge is 2.26. The van der Waals surface area contributed by atoms with Crippen molar-refractivity contribution in [3.05, 3.63) is 22.2 Å². The zero-order chi connectivity index (χ0) is 15.6. The molecular formula is C14H23N5O2. The molecule has 0 atom stereocenters. The minimum absolute atomic E-state index is 0.103. The van der Waals surface area contributed by atoms with Gasteiger partial charge < -0.3 is 10.5 Å². The summed E-state index contributed by atoms with van der Waals surface area (Å²) in [5.41, 5.74) is -0.329. The molecule has 1 amide bonds. The first-order chi connectivity index (χ1) is 9.91. The lowest BCUT2D eigenvalue weighted by Crippen LogP contribution is -2.53. The van der Waals surface area contributed by atoms with Crippen molar-refractivity contribution in [2.75, 3.05) is 0 Å². The molecule has 1 aromatic heterocycles. The van der Waals surface area contributed by atoms with E-state index in [4.69, 9.17) is 5.41 Å². The average Bonchev–Trinajstić information content (AvgIpc) is 2.43. The van der Waals surface area contributed by atoms with Crippen LogP contribution in [-0.4, -0.2) is 21.7 Å². The molecule has 2 rings (SSSR count). The monoisotopic (exact) mass is 293 g/mol. The highest BCUT2D eigenvalue weighted by Crippen LogP contribution is 2.17. The molecule has 7 heteroatoms. The second kappa shape index (κ2) is 6.24. The van der Waals surface area contributed by atoms with Crippen LogP contribution in [0.25, 0.3) is 0 Å². The Kier molecular flexibility index (Phi) is 4.59. The van der Waals surface area contributed by atoms with Crippen molar-refractivity contribution >= 4 is 5.91 Å². The zero-order valence-corrected chi connectivity index (χ0v) is 12.8. The zero-order valence-electron chi connectivity index (χ0n) is 12.8. The van der Waals surface area contributed by atoms with Gasteiger partial charge in [0.1, 0.15) is 0 Å². The number of amides is 1. The molecule has 0 radical (unpaired) electrons. The van der Waals surface area contributed by atoms with Gasteiger partial charge in [-0.25, -0.2) is 4.73 Å². The summed E-state index contributed by atoms with van der Waals surface area (Å²) in [5, 5.41) is 27.2. The highest BCUT2D eigenvalue weighted by molar-refractivity contribution is 5.90. The lowest BCUT2D eigenvalue weighted by atomic mass is 9.95. The number of carbonyl (C=O) groups is 1. The van der Waals surface area contributed by atoms with E-state index in [0.717, 1.165) is 25.7 Å². The predicted molar refractivity (Wildman–Crippen MR) is 76.5 cm³/mol. The van der Waals surface area contributed by atoms with Crippen molar-refractivity contribution in [2.45, 2.75) is 57.9 Å². The number of hydrogen-bond donors (Lipinski definition) is 2. The van der Waals surface area contributed by atoms with E-state index in [1.54, 1.807) is 7.05 Å². The van der Waals surface area contributed by atoms with Crippen LogP contribution in [0, 0.1) is 10.6 Å². The number of nitrogens with zero attached hydrogens (tertiary/aromatic N) is 3. The molecule has 1 fully saturated rings. The fraction of sp³-hybridized carbons (Fsp3) is 0.714. The molecule has 2 N–H and O–H groups in total. The van der Waals surface area contributed by atoms with E-state index in [2.05, 4.69) is 10.4 Å². The molecule has 0 spiro atoms. The molecule has 0 aromatic carbocycles. The van der Waals surface area contributed by atoms with Gasteiger partial charge in [0.15, 0.2) is 0 Å². The summed E-state index contributed by atoms with van der Waals surface area (Å²) in [6.45, 7) is 3.67. The van der Waals surface area contributed by atoms with Crippen LogP contribution in [0.4, 0.5) is 0 Å². The summed E-state index contributed by atoms with van der Waals surface area (Å²) in [6, 6.07) is 0.103. The smallest absolute Gasteiger partial charge is 0.330 e. The van der Waals surface area contributed by atoms with E-state index in [0.29, 0.717) is 4.73 Å². The number of hydrogen-bond acceptors (Lipinski definition) is 4. The van der Waals surface area contributed by atoms with Gasteiger partial charge in [0.25, 0.3) is 5.91 Å². The number of rotatable bonds is 3. The molecule has 0 aliphatic heterocycles. The Morgan fingerprint density at radius 2 is 2.05 bits per heavy atom. The maximum Gasteiger partial charge on any atom is 0.330 e.